The van der Waals surface area contributed by atoms with Crippen molar-refractivity contribution in [2.75, 3.05) is 0 Å². The smallest absolute Gasteiger partial charge is 0.160 e. The van der Waals surface area contributed by atoms with Crippen LogP contribution in [0.25, 0.3) is 130 Å². The molecule has 0 unspecified atom stereocenters. The standard InChI is InChI=1S/C62H38N4S2/c1-3-18-39(19-4-1)41-22-15-26-45(36-41)61-63-55(59-57(65-61)51-32-11-13-34-53(51)67-59)44-25-17-24-43(38-44)47-28-7-8-29-48(47)49-30-9-10-31-50(49)56-60-58(52-33-12-14-35-54(52)68-60)66-62(64-56)46-27-16-23-42(37-46)40-20-5-2-6-21-40/h1-38H. The van der Waals surface area contributed by atoms with Gasteiger partial charge < -0.3 is 0 Å². The van der Waals surface area contributed by atoms with Crippen molar-refractivity contribution in [3.8, 4) is 89.8 Å². The van der Waals surface area contributed by atoms with E-state index < -0.39 is 0 Å². The number of benzene rings is 9. The van der Waals surface area contributed by atoms with E-state index in [4.69, 9.17) is 19.9 Å². The van der Waals surface area contributed by atoms with Crippen LogP contribution in [0.3, 0.4) is 0 Å². The van der Waals surface area contributed by atoms with Crippen LogP contribution in [0.2, 0.25) is 0 Å². The van der Waals surface area contributed by atoms with Crippen molar-refractivity contribution >= 4 is 63.3 Å². The molecule has 0 aliphatic rings. The molecule has 4 heterocycles. The average molecular weight is 903 g/mol. The van der Waals surface area contributed by atoms with Gasteiger partial charge in [-0.25, -0.2) is 19.9 Å². The number of thiophene rings is 2. The Hall–Kier alpha value is -8.42. The van der Waals surface area contributed by atoms with Crippen molar-refractivity contribution in [1.82, 2.24) is 19.9 Å². The van der Waals surface area contributed by atoms with E-state index in [1.807, 2.05) is 6.07 Å². The van der Waals surface area contributed by atoms with Crippen LogP contribution in [0.1, 0.15) is 0 Å². The Morgan fingerprint density at radius 1 is 0.250 bits per heavy atom. The molecule has 0 bridgehead atoms. The highest BCUT2D eigenvalue weighted by Crippen LogP contribution is 2.45. The molecule has 9 aromatic carbocycles. The zero-order chi connectivity index (χ0) is 45.0. The predicted octanol–water partition coefficient (Wildman–Crippen LogP) is 17.3. The highest BCUT2D eigenvalue weighted by molar-refractivity contribution is 7.26. The second-order valence-corrected chi connectivity index (χ2v) is 19.0. The van der Waals surface area contributed by atoms with Crippen molar-refractivity contribution in [1.29, 1.82) is 0 Å². The molecule has 0 radical (unpaired) electrons. The second-order valence-electron chi connectivity index (χ2n) is 16.9. The lowest BCUT2D eigenvalue weighted by Crippen LogP contribution is -1.96. The molecule has 0 aliphatic carbocycles. The van der Waals surface area contributed by atoms with Crippen LogP contribution in [0.4, 0.5) is 0 Å². The van der Waals surface area contributed by atoms with Gasteiger partial charge in [-0.1, -0.05) is 200 Å². The monoisotopic (exact) mass is 902 g/mol. The van der Waals surface area contributed by atoms with Crippen molar-refractivity contribution in [2.24, 2.45) is 0 Å². The summed E-state index contributed by atoms with van der Waals surface area (Å²) in [7, 11) is 0. The van der Waals surface area contributed by atoms with Crippen LogP contribution in [0.5, 0.6) is 0 Å². The summed E-state index contributed by atoms with van der Waals surface area (Å²) in [4.78, 5) is 21.6. The minimum atomic E-state index is 0.702. The normalized spacial score (nSPS) is 11.5. The first kappa shape index (κ1) is 39.9. The quantitative estimate of drug-likeness (QED) is 0.152. The third-order valence-electron chi connectivity index (χ3n) is 12.7. The zero-order valence-corrected chi connectivity index (χ0v) is 38.2. The van der Waals surface area contributed by atoms with E-state index in [1.165, 1.54) is 9.40 Å². The van der Waals surface area contributed by atoms with E-state index >= 15 is 0 Å². The van der Waals surface area contributed by atoms with Crippen molar-refractivity contribution in [2.45, 2.75) is 0 Å². The molecule has 0 saturated heterocycles. The molecule has 0 saturated carbocycles. The Balaban J connectivity index is 0.965. The third kappa shape index (κ3) is 7.06. The van der Waals surface area contributed by atoms with Crippen molar-refractivity contribution < 1.29 is 0 Å². The maximum absolute atomic E-state index is 5.50. The summed E-state index contributed by atoms with van der Waals surface area (Å²) >= 11 is 3.51. The summed E-state index contributed by atoms with van der Waals surface area (Å²) in [6.07, 6.45) is 0. The fourth-order valence-electron chi connectivity index (χ4n) is 9.48. The number of aromatic nitrogens is 4. The first-order valence-corrected chi connectivity index (χ1v) is 24.3. The SMILES string of the molecule is c1ccc(-c2cccc(-c3nc(-c4cccc(-c5ccccc5-c5ccccc5-c5nc(-c6cccc(-c7ccccc7)c6)nc6c5sc5ccccc56)c4)c4sc5ccccc5c4n3)c2)cc1. The molecule has 4 nitrogen and oxygen atoms in total. The van der Waals surface area contributed by atoms with E-state index in [-0.39, 0.29) is 0 Å². The fraction of sp³-hybridized carbons (Fsp3) is 0. The lowest BCUT2D eigenvalue weighted by molar-refractivity contribution is 1.24. The fourth-order valence-corrected chi connectivity index (χ4v) is 11.8. The summed E-state index contributed by atoms with van der Waals surface area (Å²) in [6.45, 7) is 0. The van der Waals surface area contributed by atoms with E-state index in [0.29, 0.717) is 11.6 Å². The molecule has 0 amide bonds. The molecule has 0 atom stereocenters. The lowest BCUT2D eigenvalue weighted by Gasteiger charge is -2.16. The first-order valence-electron chi connectivity index (χ1n) is 22.7. The summed E-state index contributed by atoms with van der Waals surface area (Å²) in [6, 6.07) is 81.5. The lowest BCUT2D eigenvalue weighted by atomic mass is 9.90. The highest BCUT2D eigenvalue weighted by Gasteiger charge is 2.22. The summed E-state index contributed by atoms with van der Waals surface area (Å²) in [5.74, 6) is 1.41. The highest BCUT2D eigenvalue weighted by atomic mass is 32.1. The number of hydrogen-bond acceptors (Lipinski definition) is 6. The summed E-state index contributed by atoms with van der Waals surface area (Å²) in [5.41, 5.74) is 16.9. The van der Waals surface area contributed by atoms with Crippen LogP contribution in [-0.2, 0) is 0 Å². The Labute approximate surface area is 401 Å². The summed E-state index contributed by atoms with van der Waals surface area (Å²) < 4.78 is 4.52. The van der Waals surface area contributed by atoms with Gasteiger partial charge in [0.1, 0.15) is 0 Å². The minimum absolute atomic E-state index is 0.702. The van der Waals surface area contributed by atoms with Crippen LogP contribution >= 0.6 is 22.7 Å². The Bertz CT molecular complexity index is 4040. The summed E-state index contributed by atoms with van der Waals surface area (Å²) in [5, 5.41) is 2.27. The molecule has 0 aliphatic heterocycles. The van der Waals surface area contributed by atoms with E-state index in [0.717, 1.165) is 109 Å². The first-order chi connectivity index (χ1) is 33.7. The van der Waals surface area contributed by atoms with Gasteiger partial charge in [0.2, 0.25) is 0 Å². The zero-order valence-electron chi connectivity index (χ0n) is 36.5. The largest absolute Gasteiger partial charge is 0.226 e. The molecule has 68 heavy (non-hydrogen) atoms. The Morgan fingerprint density at radius 3 is 1.21 bits per heavy atom. The molecule has 0 N–H and O–H groups in total. The molecular weight excluding hydrogens is 865 g/mol. The van der Waals surface area contributed by atoms with E-state index in [2.05, 4.69) is 224 Å². The molecule has 13 rings (SSSR count). The Morgan fingerprint density at radius 2 is 0.632 bits per heavy atom. The van der Waals surface area contributed by atoms with E-state index in [1.54, 1.807) is 22.7 Å². The van der Waals surface area contributed by atoms with Gasteiger partial charge in [0.05, 0.1) is 31.8 Å². The molecular formula is C62H38N4S2. The predicted molar refractivity (Wildman–Crippen MR) is 287 cm³/mol. The van der Waals surface area contributed by atoms with Crippen molar-refractivity contribution in [3.05, 3.63) is 231 Å². The van der Waals surface area contributed by atoms with Crippen LogP contribution < -0.4 is 0 Å². The van der Waals surface area contributed by atoms with Gasteiger partial charge >= 0.3 is 0 Å². The van der Waals surface area contributed by atoms with Crippen molar-refractivity contribution in [3.63, 3.8) is 0 Å². The number of nitrogens with zero attached hydrogens (tertiary/aromatic N) is 4. The van der Waals surface area contributed by atoms with Crippen LogP contribution in [-0.4, -0.2) is 19.9 Å². The topological polar surface area (TPSA) is 51.6 Å². The molecule has 13 aromatic rings. The Kier molecular flexibility index (Phi) is 9.85. The number of rotatable bonds is 8. The average Bonchev–Trinajstić information content (AvgIpc) is 4.00. The van der Waals surface area contributed by atoms with Gasteiger partial charge in [-0.2, -0.15) is 0 Å². The van der Waals surface area contributed by atoms with Gasteiger partial charge in [-0.3, -0.25) is 0 Å². The van der Waals surface area contributed by atoms with Gasteiger partial charge in [0, 0.05) is 42.4 Å². The molecule has 0 fully saturated rings. The molecule has 0 spiro atoms. The second kappa shape index (κ2) is 16.8. The van der Waals surface area contributed by atoms with Gasteiger partial charge in [0.25, 0.3) is 0 Å². The maximum atomic E-state index is 5.50. The number of hydrogen-bond donors (Lipinski definition) is 0. The van der Waals surface area contributed by atoms with Gasteiger partial charge in [-0.05, 0) is 74.8 Å². The molecule has 6 heteroatoms. The number of fused-ring (bicyclic) bond motifs is 6. The van der Waals surface area contributed by atoms with Gasteiger partial charge in [-0.15, -0.1) is 22.7 Å². The molecule has 4 aromatic heterocycles. The van der Waals surface area contributed by atoms with Crippen LogP contribution in [0.15, 0.2) is 231 Å². The maximum Gasteiger partial charge on any atom is 0.160 e. The van der Waals surface area contributed by atoms with Crippen LogP contribution in [0, 0.1) is 0 Å². The third-order valence-corrected chi connectivity index (χ3v) is 15.1. The minimum Gasteiger partial charge on any atom is -0.226 e. The molecule has 318 valence electrons. The van der Waals surface area contributed by atoms with E-state index in [9.17, 15) is 0 Å². The van der Waals surface area contributed by atoms with Gasteiger partial charge in [0.15, 0.2) is 11.6 Å².